The third-order valence-electron chi connectivity index (χ3n) is 13.1. The molecule has 0 unspecified atom stereocenters. The van der Waals surface area contributed by atoms with Crippen LogP contribution < -0.4 is 4.90 Å². The van der Waals surface area contributed by atoms with Crippen LogP contribution >= 0.6 is 0 Å². The molecule has 1 heteroatoms. The van der Waals surface area contributed by atoms with E-state index in [2.05, 4.69) is 212 Å². The Morgan fingerprint density at radius 3 is 1.79 bits per heavy atom. The minimum atomic E-state index is -0.109. The molecule has 0 N–H and O–H groups in total. The number of hydrogen-bond acceptors (Lipinski definition) is 1. The Kier molecular flexibility index (Phi) is 7.43. The van der Waals surface area contributed by atoms with Gasteiger partial charge in [0.05, 0.1) is 5.69 Å². The molecule has 0 bridgehead atoms. The number of hydrogen-bond donors (Lipinski definition) is 0. The normalized spacial score (nSPS) is 14.7. The van der Waals surface area contributed by atoms with Crippen molar-refractivity contribution < 1.29 is 0 Å². The van der Waals surface area contributed by atoms with Crippen LogP contribution in [0, 0.1) is 6.92 Å². The van der Waals surface area contributed by atoms with Gasteiger partial charge in [-0.1, -0.05) is 158 Å². The summed E-state index contributed by atoms with van der Waals surface area (Å²) in [4.78, 5) is 2.53. The predicted octanol–water partition coefficient (Wildman–Crippen LogP) is 15.3. The molecule has 0 fully saturated rings. The maximum atomic E-state index is 2.53. The van der Waals surface area contributed by atoms with Gasteiger partial charge in [0, 0.05) is 27.8 Å². The summed E-state index contributed by atoms with van der Waals surface area (Å²) >= 11 is 0. The van der Waals surface area contributed by atoms with Gasteiger partial charge in [-0.2, -0.15) is 0 Å². The molecule has 0 saturated carbocycles. The van der Waals surface area contributed by atoms with Crippen molar-refractivity contribution in [3.05, 3.63) is 185 Å². The highest BCUT2D eigenvalue weighted by Crippen LogP contribution is 2.56. The van der Waals surface area contributed by atoms with Crippen molar-refractivity contribution in [1.82, 2.24) is 0 Å². The molecule has 0 radical (unpaired) electrons. The zero-order chi connectivity index (χ0) is 38.7. The summed E-state index contributed by atoms with van der Waals surface area (Å²) in [6.07, 6.45) is 0. The molecular weight excluding hydrogens is 675 g/mol. The molecule has 8 aromatic carbocycles. The first-order valence-electron chi connectivity index (χ1n) is 20.2. The summed E-state index contributed by atoms with van der Waals surface area (Å²) in [6.45, 7) is 18.7. The second-order valence-electron chi connectivity index (χ2n) is 18.3. The van der Waals surface area contributed by atoms with Crippen molar-refractivity contribution in [2.24, 2.45) is 0 Å². The summed E-state index contributed by atoms with van der Waals surface area (Å²) in [5.74, 6) is 0. The van der Waals surface area contributed by atoms with Gasteiger partial charge in [0.25, 0.3) is 0 Å². The third kappa shape index (κ3) is 4.99. The van der Waals surface area contributed by atoms with Gasteiger partial charge in [0.15, 0.2) is 0 Å². The van der Waals surface area contributed by atoms with Crippen molar-refractivity contribution in [3.63, 3.8) is 0 Å². The van der Waals surface area contributed by atoms with E-state index in [-0.39, 0.29) is 16.2 Å². The monoisotopic (exact) mass is 723 g/mol. The van der Waals surface area contributed by atoms with E-state index in [0.717, 1.165) is 11.4 Å². The lowest BCUT2D eigenvalue weighted by atomic mass is 9.81. The molecule has 274 valence electrons. The molecule has 0 heterocycles. The predicted molar refractivity (Wildman–Crippen MR) is 240 cm³/mol. The summed E-state index contributed by atoms with van der Waals surface area (Å²) < 4.78 is 0. The van der Waals surface area contributed by atoms with E-state index in [4.69, 9.17) is 0 Å². The van der Waals surface area contributed by atoms with E-state index in [9.17, 15) is 0 Å². The molecule has 56 heavy (non-hydrogen) atoms. The fourth-order valence-corrected chi connectivity index (χ4v) is 10.1. The Morgan fingerprint density at radius 1 is 0.429 bits per heavy atom. The topological polar surface area (TPSA) is 3.24 Å². The summed E-state index contributed by atoms with van der Waals surface area (Å²) in [5.41, 5.74) is 19.4. The number of fused-ring (bicyclic) bond motifs is 8. The van der Waals surface area contributed by atoms with Crippen molar-refractivity contribution in [1.29, 1.82) is 0 Å². The van der Waals surface area contributed by atoms with Gasteiger partial charge < -0.3 is 4.90 Å². The highest BCUT2D eigenvalue weighted by molar-refractivity contribution is 6.11. The molecule has 1 nitrogen and oxygen atoms in total. The second kappa shape index (κ2) is 12.0. The molecule has 8 aromatic rings. The van der Waals surface area contributed by atoms with Gasteiger partial charge in [-0.15, -0.1) is 0 Å². The molecule has 0 amide bonds. The first-order chi connectivity index (χ1) is 26.8. The quantitative estimate of drug-likeness (QED) is 0.175. The molecule has 0 spiro atoms. The van der Waals surface area contributed by atoms with Gasteiger partial charge in [0.2, 0.25) is 0 Å². The molecular formula is C55H49N. The van der Waals surface area contributed by atoms with E-state index in [1.165, 1.54) is 94.0 Å². The first kappa shape index (κ1) is 34.6. The summed E-state index contributed by atoms with van der Waals surface area (Å²) in [5, 5.41) is 5.13. The molecule has 2 aliphatic carbocycles. The molecule has 0 aliphatic heterocycles. The average molecular weight is 724 g/mol. The zero-order valence-corrected chi connectivity index (χ0v) is 33.9. The number of nitrogens with zero attached hydrogens (tertiary/aromatic N) is 1. The van der Waals surface area contributed by atoms with Crippen molar-refractivity contribution >= 4 is 38.6 Å². The van der Waals surface area contributed by atoms with Crippen molar-refractivity contribution in [2.75, 3.05) is 4.90 Å². The van der Waals surface area contributed by atoms with Crippen LogP contribution in [0.15, 0.2) is 152 Å². The van der Waals surface area contributed by atoms with Crippen LogP contribution in [0.3, 0.4) is 0 Å². The number of aryl methyl sites for hydroxylation is 1. The molecule has 0 aromatic heterocycles. The Labute approximate surface area is 332 Å². The second-order valence-corrected chi connectivity index (χ2v) is 18.3. The highest BCUT2D eigenvalue weighted by atomic mass is 15.1. The lowest BCUT2D eigenvalue weighted by Crippen LogP contribution is -2.16. The van der Waals surface area contributed by atoms with E-state index < -0.39 is 0 Å². The third-order valence-corrected chi connectivity index (χ3v) is 13.1. The van der Waals surface area contributed by atoms with Crippen LogP contribution in [0.5, 0.6) is 0 Å². The van der Waals surface area contributed by atoms with Gasteiger partial charge in [-0.05, 0) is 138 Å². The maximum absolute atomic E-state index is 2.53. The number of anilines is 3. The van der Waals surface area contributed by atoms with Crippen LogP contribution in [0.1, 0.15) is 81.8 Å². The maximum Gasteiger partial charge on any atom is 0.0546 e. The van der Waals surface area contributed by atoms with Gasteiger partial charge in [-0.25, -0.2) is 0 Å². The van der Waals surface area contributed by atoms with E-state index in [0.29, 0.717) is 0 Å². The van der Waals surface area contributed by atoms with Crippen molar-refractivity contribution in [3.8, 4) is 33.4 Å². The van der Waals surface area contributed by atoms with Crippen LogP contribution in [0.2, 0.25) is 0 Å². The minimum absolute atomic E-state index is 0.0466. The lowest BCUT2D eigenvalue weighted by molar-refractivity contribution is 0.590. The largest absolute Gasteiger partial charge is 0.310 e. The summed E-state index contributed by atoms with van der Waals surface area (Å²) in [6, 6.07) is 57.7. The van der Waals surface area contributed by atoms with Crippen LogP contribution in [-0.4, -0.2) is 0 Å². The molecule has 0 saturated heterocycles. The SMILES string of the molecule is Cc1cccc2ccc(N(c3ccc(C(C)(C)C)cc3)c3ccc4c(c3)-c3cc5ccccc5cc3C4(C)C)c(-c3cccc4c3-c3ccccc3C4(C)C)c12. The van der Waals surface area contributed by atoms with E-state index >= 15 is 0 Å². The average Bonchev–Trinajstić information content (AvgIpc) is 3.56. The lowest BCUT2D eigenvalue weighted by Gasteiger charge is -2.31. The number of rotatable bonds is 4. The molecule has 10 rings (SSSR count). The van der Waals surface area contributed by atoms with Gasteiger partial charge in [0.1, 0.15) is 0 Å². The van der Waals surface area contributed by atoms with Crippen molar-refractivity contribution in [2.45, 2.75) is 71.6 Å². The Hall–Kier alpha value is -5.92. The number of benzene rings is 8. The fourth-order valence-electron chi connectivity index (χ4n) is 10.1. The van der Waals surface area contributed by atoms with Crippen LogP contribution in [-0.2, 0) is 16.2 Å². The van der Waals surface area contributed by atoms with E-state index in [1.807, 2.05) is 0 Å². The smallest absolute Gasteiger partial charge is 0.0546 e. The minimum Gasteiger partial charge on any atom is -0.310 e. The Bertz CT molecular complexity index is 2900. The highest BCUT2D eigenvalue weighted by Gasteiger charge is 2.39. The first-order valence-corrected chi connectivity index (χ1v) is 20.2. The van der Waals surface area contributed by atoms with Gasteiger partial charge in [-0.3, -0.25) is 0 Å². The van der Waals surface area contributed by atoms with E-state index in [1.54, 1.807) is 0 Å². The van der Waals surface area contributed by atoms with Crippen LogP contribution in [0.4, 0.5) is 17.1 Å². The molecule has 2 aliphatic rings. The van der Waals surface area contributed by atoms with Gasteiger partial charge >= 0.3 is 0 Å². The molecule has 0 atom stereocenters. The van der Waals surface area contributed by atoms with Crippen LogP contribution in [0.25, 0.3) is 54.9 Å². The summed E-state index contributed by atoms with van der Waals surface area (Å²) in [7, 11) is 0. The standard InChI is InChI=1S/C55H49N/c1-34-15-13-18-35-23-30-49(52(50(34)35)42-20-14-22-47-51(42)41-19-11-12-21-45(41)54(47,5)6)56(39-26-24-38(25-27-39)53(2,3)4)40-28-29-46-44(33-40)43-31-36-16-9-10-17-37(36)32-48(43)55(46,7)8/h9-33H,1-8H3. The Balaban J connectivity index is 1.29. The zero-order valence-electron chi connectivity index (χ0n) is 33.9. The fraction of sp³-hybridized carbons (Fsp3) is 0.200. The Morgan fingerprint density at radius 2 is 1.02 bits per heavy atom.